The second kappa shape index (κ2) is 6.36. The number of benzene rings is 1. The first-order valence-corrected chi connectivity index (χ1v) is 8.38. The summed E-state index contributed by atoms with van der Waals surface area (Å²) in [6, 6.07) is 10.4. The van der Waals surface area contributed by atoms with Gasteiger partial charge < -0.3 is 15.8 Å². The number of pyridine rings is 1. The Hall–Kier alpha value is -2.61. The average Bonchev–Trinajstić information content (AvgIpc) is 2.55. The number of carbonyl (C=O) groups is 2. The third kappa shape index (κ3) is 3.58. The molecule has 25 heavy (non-hydrogen) atoms. The van der Waals surface area contributed by atoms with Crippen LogP contribution in [0.5, 0.6) is 5.75 Å². The molecule has 1 aliphatic rings. The summed E-state index contributed by atoms with van der Waals surface area (Å²) < 4.78 is 6.59. The van der Waals surface area contributed by atoms with Gasteiger partial charge in [0, 0.05) is 10.2 Å². The Morgan fingerprint density at radius 2 is 1.96 bits per heavy atom. The molecule has 2 aromatic rings. The van der Waals surface area contributed by atoms with Crippen LogP contribution in [0.3, 0.4) is 0 Å². The number of rotatable bonds is 3. The van der Waals surface area contributed by atoms with E-state index in [0.717, 1.165) is 4.47 Å². The lowest BCUT2D eigenvalue weighted by molar-refractivity contribution is -0.133. The smallest absolute Gasteiger partial charge is 0.272 e. The van der Waals surface area contributed by atoms with Gasteiger partial charge in [-0.15, -0.1) is 0 Å². The highest BCUT2D eigenvalue weighted by molar-refractivity contribution is 9.10. The molecule has 0 spiro atoms. The van der Waals surface area contributed by atoms with Gasteiger partial charge in [0.05, 0.1) is 0 Å². The normalized spacial score (nSPS) is 15.3. The third-order valence-electron chi connectivity index (χ3n) is 3.67. The van der Waals surface area contributed by atoms with Crippen LogP contribution >= 0.6 is 15.9 Å². The Kier molecular flexibility index (Phi) is 4.38. The summed E-state index contributed by atoms with van der Waals surface area (Å²) in [7, 11) is 0. The minimum absolute atomic E-state index is 0.189. The lowest BCUT2D eigenvalue weighted by Gasteiger charge is -2.37. The van der Waals surface area contributed by atoms with Gasteiger partial charge in [-0.25, -0.2) is 4.98 Å². The van der Waals surface area contributed by atoms with Crippen LogP contribution in [-0.2, 0) is 9.59 Å². The minimum Gasteiger partial charge on any atom is -0.474 e. The van der Waals surface area contributed by atoms with Crippen molar-refractivity contribution in [2.24, 2.45) is 0 Å². The van der Waals surface area contributed by atoms with Crippen molar-refractivity contribution in [3.05, 3.63) is 40.9 Å². The molecule has 0 unspecified atom stereocenters. The maximum absolute atomic E-state index is 12.7. The Morgan fingerprint density at radius 1 is 1.28 bits per heavy atom. The molecule has 0 radical (unpaired) electrons. The molecular weight excluding hydrogens is 388 g/mol. The second-order valence-corrected chi connectivity index (χ2v) is 7.03. The van der Waals surface area contributed by atoms with E-state index in [2.05, 4.69) is 26.2 Å². The van der Waals surface area contributed by atoms with Crippen LogP contribution < -0.4 is 20.7 Å². The lowest BCUT2D eigenvalue weighted by Crippen LogP contribution is -2.54. The molecule has 7 nitrogen and oxygen atoms in total. The van der Waals surface area contributed by atoms with Gasteiger partial charge >= 0.3 is 0 Å². The van der Waals surface area contributed by atoms with Crippen LogP contribution in [0, 0.1) is 0 Å². The standard InChI is InChI=1S/C17H17BrN4O3/c1-17(2)16(24)22(15-12(25-17)7-8-13(19)21-15)9-14(23)20-11-5-3-10(18)4-6-11/h3-8H,9H2,1-2H3,(H2,19,21)(H,20,23). The first-order valence-electron chi connectivity index (χ1n) is 7.59. The molecular formula is C17H17BrN4O3. The highest BCUT2D eigenvalue weighted by Gasteiger charge is 2.42. The number of carbonyl (C=O) groups excluding carboxylic acids is 2. The molecule has 2 amide bonds. The maximum atomic E-state index is 12.7. The highest BCUT2D eigenvalue weighted by atomic mass is 79.9. The molecule has 1 aromatic carbocycles. The van der Waals surface area contributed by atoms with Crippen molar-refractivity contribution in [3.63, 3.8) is 0 Å². The highest BCUT2D eigenvalue weighted by Crippen LogP contribution is 2.36. The summed E-state index contributed by atoms with van der Waals surface area (Å²) in [5.41, 5.74) is 5.25. The van der Waals surface area contributed by atoms with Crippen molar-refractivity contribution >= 4 is 45.1 Å². The number of anilines is 3. The van der Waals surface area contributed by atoms with Crippen LogP contribution in [0.1, 0.15) is 13.8 Å². The van der Waals surface area contributed by atoms with Crippen LogP contribution in [-0.4, -0.2) is 28.9 Å². The maximum Gasteiger partial charge on any atom is 0.272 e. The Labute approximate surface area is 153 Å². The molecule has 0 atom stereocenters. The van der Waals surface area contributed by atoms with Crippen molar-refractivity contribution in [1.29, 1.82) is 0 Å². The zero-order chi connectivity index (χ0) is 18.2. The van der Waals surface area contributed by atoms with Crippen LogP contribution in [0.25, 0.3) is 0 Å². The number of hydrogen-bond acceptors (Lipinski definition) is 5. The van der Waals surface area contributed by atoms with Crippen molar-refractivity contribution in [2.45, 2.75) is 19.4 Å². The zero-order valence-corrected chi connectivity index (χ0v) is 15.3. The number of ether oxygens (including phenoxy) is 1. The van der Waals surface area contributed by atoms with E-state index >= 15 is 0 Å². The average molecular weight is 405 g/mol. The topological polar surface area (TPSA) is 97.6 Å². The lowest BCUT2D eigenvalue weighted by atomic mass is 10.1. The zero-order valence-electron chi connectivity index (χ0n) is 13.7. The largest absolute Gasteiger partial charge is 0.474 e. The SMILES string of the molecule is CC1(C)Oc2ccc(N)nc2N(CC(=O)Nc2ccc(Br)cc2)C1=O. The number of amides is 2. The van der Waals surface area contributed by atoms with E-state index in [-0.39, 0.29) is 30.0 Å². The fourth-order valence-corrected chi connectivity index (χ4v) is 2.75. The van der Waals surface area contributed by atoms with Gasteiger partial charge in [-0.3, -0.25) is 14.5 Å². The van der Waals surface area contributed by atoms with E-state index < -0.39 is 5.60 Å². The molecule has 130 valence electrons. The van der Waals surface area contributed by atoms with E-state index in [9.17, 15) is 9.59 Å². The van der Waals surface area contributed by atoms with Gasteiger partial charge in [-0.05, 0) is 50.2 Å². The van der Waals surface area contributed by atoms with Gasteiger partial charge in [-0.1, -0.05) is 15.9 Å². The fourth-order valence-electron chi connectivity index (χ4n) is 2.49. The number of nitrogens with one attached hydrogen (secondary N) is 1. The number of nitrogens with two attached hydrogens (primary N) is 1. The fraction of sp³-hybridized carbons (Fsp3) is 0.235. The van der Waals surface area contributed by atoms with Crippen LogP contribution in [0.4, 0.5) is 17.3 Å². The number of hydrogen-bond donors (Lipinski definition) is 2. The Bertz CT molecular complexity index is 836. The molecule has 2 heterocycles. The van der Waals surface area contributed by atoms with Crippen LogP contribution in [0.15, 0.2) is 40.9 Å². The van der Waals surface area contributed by atoms with E-state index in [1.165, 1.54) is 4.90 Å². The molecule has 1 aromatic heterocycles. The van der Waals surface area contributed by atoms with Gasteiger partial charge in [0.15, 0.2) is 17.2 Å². The molecule has 8 heteroatoms. The van der Waals surface area contributed by atoms with Gasteiger partial charge in [0.1, 0.15) is 12.4 Å². The molecule has 3 N–H and O–H groups in total. The molecule has 0 fully saturated rings. The first kappa shape index (κ1) is 17.2. The molecule has 0 aliphatic carbocycles. The molecule has 0 bridgehead atoms. The monoisotopic (exact) mass is 404 g/mol. The van der Waals surface area contributed by atoms with Crippen molar-refractivity contribution in [2.75, 3.05) is 22.5 Å². The number of fused-ring (bicyclic) bond motifs is 1. The van der Waals surface area contributed by atoms with E-state index in [1.54, 1.807) is 38.1 Å². The predicted molar refractivity (Wildman–Crippen MR) is 98.5 cm³/mol. The quantitative estimate of drug-likeness (QED) is 0.818. The first-order chi connectivity index (χ1) is 11.8. The predicted octanol–water partition coefficient (Wildman–Crippen LogP) is 2.57. The second-order valence-electron chi connectivity index (χ2n) is 6.12. The van der Waals surface area contributed by atoms with Gasteiger partial charge in [0.2, 0.25) is 5.91 Å². The van der Waals surface area contributed by atoms with E-state index in [0.29, 0.717) is 11.4 Å². The number of nitrogens with zero attached hydrogens (tertiary/aromatic N) is 2. The number of halogens is 1. The van der Waals surface area contributed by atoms with E-state index in [1.807, 2.05) is 12.1 Å². The summed E-state index contributed by atoms with van der Waals surface area (Å²) in [4.78, 5) is 30.5. The Morgan fingerprint density at radius 3 is 2.64 bits per heavy atom. The number of nitrogen functional groups attached to an aromatic ring is 1. The van der Waals surface area contributed by atoms with Crippen molar-refractivity contribution < 1.29 is 14.3 Å². The molecule has 0 saturated carbocycles. The van der Waals surface area contributed by atoms with Crippen molar-refractivity contribution in [1.82, 2.24) is 4.98 Å². The van der Waals surface area contributed by atoms with Crippen LogP contribution in [0.2, 0.25) is 0 Å². The van der Waals surface area contributed by atoms with Crippen molar-refractivity contribution in [3.8, 4) is 5.75 Å². The summed E-state index contributed by atoms with van der Waals surface area (Å²) in [6.45, 7) is 3.10. The summed E-state index contributed by atoms with van der Waals surface area (Å²) in [6.07, 6.45) is 0. The van der Waals surface area contributed by atoms with E-state index in [4.69, 9.17) is 10.5 Å². The summed E-state index contributed by atoms with van der Waals surface area (Å²) >= 11 is 3.34. The number of aromatic nitrogens is 1. The summed E-state index contributed by atoms with van der Waals surface area (Å²) in [5, 5.41) is 2.76. The van der Waals surface area contributed by atoms with Gasteiger partial charge in [-0.2, -0.15) is 0 Å². The minimum atomic E-state index is -1.09. The molecule has 3 rings (SSSR count). The molecule has 1 aliphatic heterocycles. The third-order valence-corrected chi connectivity index (χ3v) is 4.20. The molecule has 0 saturated heterocycles. The van der Waals surface area contributed by atoms with Gasteiger partial charge in [0.25, 0.3) is 5.91 Å². The summed E-state index contributed by atoms with van der Waals surface area (Å²) in [5.74, 6) is 0.200. The Balaban J connectivity index is 1.85.